The molecule has 0 aliphatic carbocycles. The zero-order chi connectivity index (χ0) is 12.5. The largest absolute Gasteiger partial charge is 0.388 e. The summed E-state index contributed by atoms with van der Waals surface area (Å²) in [4.78, 5) is 4.08. The SMILES string of the molecule is CCCCCCCCC(O)c1cnccc1C. The van der Waals surface area contributed by atoms with Crippen LogP contribution in [0.5, 0.6) is 0 Å². The minimum Gasteiger partial charge on any atom is -0.388 e. The Bertz CT molecular complexity index is 312. The molecule has 0 saturated carbocycles. The molecular formula is C15H25NO. The molecule has 0 aliphatic rings. The van der Waals surface area contributed by atoms with Gasteiger partial charge in [-0.15, -0.1) is 0 Å². The molecular weight excluding hydrogens is 210 g/mol. The molecule has 1 unspecified atom stereocenters. The van der Waals surface area contributed by atoms with Gasteiger partial charge >= 0.3 is 0 Å². The summed E-state index contributed by atoms with van der Waals surface area (Å²) in [5.41, 5.74) is 2.12. The third kappa shape index (κ3) is 5.31. The summed E-state index contributed by atoms with van der Waals surface area (Å²) in [6.45, 7) is 4.26. The first-order valence-electron chi connectivity index (χ1n) is 6.84. The highest BCUT2D eigenvalue weighted by Crippen LogP contribution is 2.22. The molecule has 2 nitrogen and oxygen atoms in total. The Morgan fingerprint density at radius 3 is 2.59 bits per heavy atom. The minimum atomic E-state index is -0.338. The van der Waals surface area contributed by atoms with Gasteiger partial charge in [0.2, 0.25) is 0 Å². The second-order valence-electron chi connectivity index (χ2n) is 4.80. The maximum Gasteiger partial charge on any atom is 0.0807 e. The highest BCUT2D eigenvalue weighted by molar-refractivity contribution is 5.23. The van der Waals surface area contributed by atoms with Crippen molar-refractivity contribution < 1.29 is 5.11 Å². The fourth-order valence-electron chi connectivity index (χ4n) is 2.10. The van der Waals surface area contributed by atoms with Crippen LogP contribution in [0.1, 0.15) is 69.1 Å². The standard InChI is InChI=1S/C15H25NO/c1-3-4-5-6-7-8-9-15(17)14-12-16-11-10-13(14)2/h10-12,15,17H,3-9H2,1-2H3. The predicted octanol–water partition coefficient (Wildman–Crippen LogP) is 4.17. The van der Waals surface area contributed by atoms with Crippen molar-refractivity contribution in [1.29, 1.82) is 0 Å². The summed E-state index contributed by atoms with van der Waals surface area (Å²) in [5.74, 6) is 0. The van der Waals surface area contributed by atoms with Crippen LogP contribution >= 0.6 is 0 Å². The summed E-state index contributed by atoms with van der Waals surface area (Å²) in [6.07, 6.45) is 11.7. The second-order valence-corrected chi connectivity index (χ2v) is 4.80. The molecule has 0 amide bonds. The Kier molecular flexibility index (Phi) is 6.87. The molecule has 1 aromatic rings. The molecule has 2 heteroatoms. The molecule has 1 atom stereocenters. The molecule has 17 heavy (non-hydrogen) atoms. The monoisotopic (exact) mass is 235 g/mol. The van der Waals surface area contributed by atoms with Gasteiger partial charge in [-0.2, -0.15) is 0 Å². The number of aliphatic hydroxyl groups excluding tert-OH is 1. The minimum absolute atomic E-state index is 0.338. The molecule has 0 fully saturated rings. The molecule has 96 valence electrons. The topological polar surface area (TPSA) is 33.1 Å². The van der Waals surface area contributed by atoms with Crippen molar-refractivity contribution >= 4 is 0 Å². The molecule has 0 aromatic carbocycles. The Balaban J connectivity index is 2.21. The Hall–Kier alpha value is -0.890. The lowest BCUT2D eigenvalue weighted by Crippen LogP contribution is -2.00. The van der Waals surface area contributed by atoms with Gasteiger partial charge in [0.1, 0.15) is 0 Å². The van der Waals surface area contributed by atoms with E-state index in [0.717, 1.165) is 24.0 Å². The maximum atomic E-state index is 10.1. The molecule has 1 rings (SSSR count). The van der Waals surface area contributed by atoms with Crippen LogP contribution in [0.4, 0.5) is 0 Å². The first kappa shape index (κ1) is 14.2. The van der Waals surface area contributed by atoms with E-state index >= 15 is 0 Å². The van der Waals surface area contributed by atoms with E-state index in [-0.39, 0.29) is 6.10 Å². The number of hydrogen-bond acceptors (Lipinski definition) is 2. The van der Waals surface area contributed by atoms with Gasteiger partial charge in [-0.3, -0.25) is 4.98 Å². The first-order valence-corrected chi connectivity index (χ1v) is 6.84. The molecule has 0 bridgehead atoms. The number of hydrogen-bond donors (Lipinski definition) is 1. The average Bonchev–Trinajstić information content (AvgIpc) is 2.34. The summed E-state index contributed by atoms with van der Waals surface area (Å²) in [6, 6.07) is 1.96. The first-order chi connectivity index (χ1) is 8.25. The maximum absolute atomic E-state index is 10.1. The van der Waals surface area contributed by atoms with Crippen LogP contribution in [-0.4, -0.2) is 10.1 Å². The normalized spacial score (nSPS) is 12.6. The Labute approximate surface area is 105 Å². The molecule has 1 aromatic heterocycles. The average molecular weight is 235 g/mol. The zero-order valence-corrected chi connectivity index (χ0v) is 11.2. The van der Waals surface area contributed by atoms with Crippen molar-refractivity contribution in [2.24, 2.45) is 0 Å². The van der Waals surface area contributed by atoms with E-state index in [1.54, 1.807) is 12.4 Å². The number of nitrogens with zero attached hydrogens (tertiary/aromatic N) is 1. The van der Waals surface area contributed by atoms with Crippen molar-refractivity contribution in [3.05, 3.63) is 29.6 Å². The highest BCUT2D eigenvalue weighted by atomic mass is 16.3. The van der Waals surface area contributed by atoms with Crippen LogP contribution in [0.25, 0.3) is 0 Å². The molecule has 0 saturated heterocycles. The van der Waals surface area contributed by atoms with Gasteiger partial charge in [0, 0.05) is 18.0 Å². The van der Waals surface area contributed by atoms with Crippen LogP contribution in [0.15, 0.2) is 18.5 Å². The van der Waals surface area contributed by atoms with Crippen LogP contribution in [0, 0.1) is 6.92 Å². The van der Waals surface area contributed by atoms with Gasteiger partial charge in [-0.1, -0.05) is 45.4 Å². The fraction of sp³-hybridized carbons (Fsp3) is 0.667. The van der Waals surface area contributed by atoms with Crippen LogP contribution in [0.3, 0.4) is 0 Å². The van der Waals surface area contributed by atoms with E-state index in [1.807, 2.05) is 13.0 Å². The molecule has 0 spiro atoms. The van der Waals surface area contributed by atoms with Gasteiger partial charge < -0.3 is 5.11 Å². The van der Waals surface area contributed by atoms with Gasteiger partial charge in [0.25, 0.3) is 0 Å². The number of unbranched alkanes of at least 4 members (excludes halogenated alkanes) is 5. The van der Waals surface area contributed by atoms with Crippen molar-refractivity contribution in [2.75, 3.05) is 0 Å². The van der Waals surface area contributed by atoms with Gasteiger partial charge in [-0.25, -0.2) is 0 Å². The predicted molar refractivity (Wildman–Crippen MR) is 71.9 cm³/mol. The summed E-state index contributed by atoms with van der Waals surface area (Å²) in [5, 5.41) is 10.1. The lowest BCUT2D eigenvalue weighted by molar-refractivity contribution is 0.162. The lowest BCUT2D eigenvalue weighted by atomic mass is 10.0. The Morgan fingerprint density at radius 1 is 1.18 bits per heavy atom. The van der Waals surface area contributed by atoms with E-state index in [0.29, 0.717) is 0 Å². The van der Waals surface area contributed by atoms with E-state index < -0.39 is 0 Å². The van der Waals surface area contributed by atoms with E-state index in [9.17, 15) is 5.11 Å². The number of aliphatic hydroxyl groups is 1. The van der Waals surface area contributed by atoms with Crippen LogP contribution in [-0.2, 0) is 0 Å². The molecule has 1 N–H and O–H groups in total. The van der Waals surface area contributed by atoms with Gasteiger partial charge in [0.05, 0.1) is 6.10 Å². The lowest BCUT2D eigenvalue weighted by Gasteiger charge is -2.12. The van der Waals surface area contributed by atoms with E-state index in [1.165, 1.54) is 32.1 Å². The Morgan fingerprint density at radius 2 is 1.88 bits per heavy atom. The van der Waals surface area contributed by atoms with Crippen molar-refractivity contribution in [1.82, 2.24) is 4.98 Å². The molecule has 1 heterocycles. The van der Waals surface area contributed by atoms with Crippen molar-refractivity contribution in [3.63, 3.8) is 0 Å². The molecule has 0 radical (unpaired) electrons. The summed E-state index contributed by atoms with van der Waals surface area (Å²) in [7, 11) is 0. The number of rotatable bonds is 8. The zero-order valence-electron chi connectivity index (χ0n) is 11.2. The highest BCUT2D eigenvalue weighted by Gasteiger charge is 2.09. The van der Waals surface area contributed by atoms with Gasteiger partial charge in [0.15, 0.2) is 0 Å². The van der Waals surface area contributed by atoms with Crippen molar-refractivity contribution in [3.8, 4) is 0 Å². The van der Waals surface area contributed by atoms with E-state index in [2.05, 4.69) is 11.9 Å². The van der Waals surface area contributed by atoms with Gasteiger partial charge in [-0.05, 0) is 25.0 Å². The third-order valence-electron chi connectivity index (χ3n) is 3.27. The number of aryl methyl sites for hydroxylation is 1. The number of pyridine rings is 1. The quantitative estimate of drug-likeness (QED) is 0.686. The summed E-state index contributed by atoms with van der Waals surface area (Å²) < 4.78 is 0. The third-order valence-corrected chi connectivity index (χ3v) is 3.27. The summed E-state index contributed by atoms with van der Waals surface area (Å²) >= 11 is 0. The smallest absolute Gasteiger partial charge is 0.0807 e. The fourth-order valence-corrected chi connectivity index (χ4v) is 2.10. The van der Waals surface area contributed by atoms with Crippen LogP contribution < -0.4 is 0 Å². The number of aromatic nitrogens is 1. The van der Waals surface area contributed by atoms with Crippen LogP contribution in [0.2, 0.25) is 0 Å². The van der Waals surface area contributed by atoms with E-state index in [4.69, 9.17) is 0 Å². The molecule has 0 aliphatic heterocycles. The van der Waals surface area contributed by atoms with Crippen molar-refractivity contribution in [2.45, 2.75) is 64.9 Å². The second kappa shape index (κ2) is 8.24.